The summed E-state index contributed by atoms with van der Waals surface area (Å²) >= 11 is 0. The quantitative estimate of drug-likeness (QED) is 0.793. The summed E-state index contributed by atoms with van der Waals surface area (Å²) in [5, 5.41) is 11.9. The van der Waals surface area contributed by atoms with E-state index in [1.165, 1.54) is 6.92 Å². The number of carboxylic acids is 1. The molecular formula is C17H23ClN2O4. The van der Waals surface area contributed by atoms with Gasteiger partial charge in [0.15, 0.2) is 5.78 Å². The van der Waals surface area contributed by atoms with Crippen LogP contribution in [0, 0.1) is 5.92 Å². The Morgan fingerprint density at radius 3 is 2.67 bits per heavy atom. The second-order valence-electron chi connectivity index (χ2n) is 5.97. The molecule has 0 spiro atoms. The molecular weight excluding hydrogens is 332 g/mol. The maximum absolute atomic E-state index is 12.4. The number of ketones is 1. The Bertz CT molecular complexity index is 620. The van der Waals surface area contributed by atoms with Crippen molar-refractivity contribution >= 4 is 35.8 Å². The molecule has 6 nitrogen and oxygen atoms in total. The number of halogens is 1. The highest BCUT2D eigenvalue weighted by Gasteiger charge is 2.30. The van der Waals surface area contributed by atoms with Crippen LogP contribution < -0.4 is 5.32 Å². The fourth-order valence-electron chi connectivity index (χ4n) is 2.79. The van der Waals surface area contributed by atoms with Crippen molar-refractivity contribution in [2.24, 2.45) is 5.92 Å². The predicted octanol–water partition coefficient (Wildman–Crippen LogP) is 2.43. The Labute approximate surface area is 147 Å². The van der Waals surface area contributed by atoms with Crippen LogP contribution in [0.1, 0.15) is 37.0 Å². The first-order valence-electron chi connectivity index (χ1n) is 7.77. The summed E-state index contributed by atoms with van der Waals surface area (Å²) in [7, 11) is 0. The van der Waals surface area contributed by atoms with Crippen LogP contribution in [0.15, 0.2) is 24.3 Å². The molecule has 1 aromatic rings. The van der Waals surface area contributed by atoms with Gasteiger partial charge in [0, 0.05) is 17.8 Å². The topological polar surface area (TPSA) is 86.7 Å². The Balaban J connectivity index is 0.00000288. The number of rotatable bonds is 5. The Morgan fingerprint density at radius 1 is 1.33 bits per heavy atom. The van der Waals surface area contributed by atoms with Crippen LogP contribution in [0.25, 0.3) is 0 Å². The molecule has 1 aliphatic heterocycles. The van der Waals surface area contributed by atoms with E-state index in [9.17, 15) is 14.4 Å². The van der Waals surface area contributed by atoms with E-state index in [4.69, 9.17) is 5.11 Å². The van der Waals surface area contributed by atoms with E-state index < -0.39 is 17.9 Å². The molecule has 2 atom stereocenters. The monoisotopic (exact) mass is 354 g/mol. The highest BCUT2D eigenvalue weighted by Crippen LogP contribution is 2.20. The minimum atomic E-state index is -0.809. The summed E-state index contributed by atoms with van der Waals surface area (Å²) in [5.41, 5.74) is 1.11. The summed E-state index contributed by atoms with van der Waals surface area (Å²) < 4.78 is 0. The van der Waals surface area contributed by atoms with Crippen molar-refractivity contribution in [3.05, 3.63) is 29.8 Å². The molecule has 2 N–H and O–H groups in total. The number of carbonyl (C=O) groups excluding carboxylic acids is 2. The second kappa shape index (κ2) is 8.80. The normalized spacial score (nSPS) is 19.0. The zero-order valence-corrected chi connectivity index (χ0v) is 14.6. The van der Waals surface area contributed by atoms with Crippen LogP contribution in [0.2, 0.25) is 0 Å². The Morgan fingerprint density at radius 2 is 2.04 bits per heavy atom. The number of hydrogen-bond acceptors (Lipinski definition) is 4. The number of likely N-dealkylation sites (tertiary alicyclic amines) is 1. The van der Waals surface area contributed by atoms with Gasteiger partial charge in [-0.05, 0) is 45.4 Å². The van der Waals surface area contributed by atoms with E-state index in [0.29, 0.717) is 30.8 Å². The number of carbonyl (C=O) groups is 3. The second-order valence-corrected chi connectivity index (χ2v) is 5.97. The molecule has 0 aromatic heterocycles. The predicted molar refractivity (Wildman–Crippen MR) is 93.7 cm³/mol. The first kappa shape index (κ1) is 20.1. The van der Waals surface area contributed by atoms with Crippen LogP contribution in [0.4, 0.5) is 5.69 Å². The van der Waals surface area contributed by atoms with Crippen molar-refractivity contribution in [3.63, 3.8) is 0 Å². The molecule has 1 heterocycles. The van der Waals surface area contributed by atoms with Crippen LogP contribution in [0.5, 0.6) is 0 Å². The van der Waals surface area contributed by atoms with Crippen molar-refractivity contribution < 1.29 is 19.5 Å². The molecule has 0 saturated carbocycles. The molecule has 7 heteroatoms. The Hall–Kier alpha value is -1.92. The SMILES string of the molecule is CC(=O)c1cccc(NC(=O)C(C)N2CCCC(C(=O)O)C2)c1.Cl. The third-order valence-corrected chi connectivity index (χ3v) is 4.27. The molecule has 0 radical (unpaired) electrons. The van der Waals surface area contributed by atoms with Crippen LogP contribution in [-0.4, -0.2) is 46.8 Å². The molecule has 1 saturated heterocycles. The van der Waals surface area contributed by atoms with Crippen LogP contribution in [-0.2, 0) is 9.59 Å². The van der Waals surface area contributed by atoms with Crippen molar-refractivity contribution in [1.82, 2.24) is 4.90 Å². The lowest BCUT2D eigenvalue weighted by molar-refractivity contribution is -0.144. The molecule has 1 amide bonds. The largest absolute Gasteiger partial charge is 0.481 e. The number of benzene rings is 1. The van der Waals surface area contributed by atoms with Crippen molar-refractivity contribution in [3.8, 4) is 0 Å². The van der Waals surface area contributed by atoms with E-state index in [2.05, 4.69) is 5.32 Å². The third kappa shape index (κ3) is 5.04. The molecule has 0 bridgehead atoms. The summed E-state index contributed by atoms with van der Waals surface area (Å²) in [6, 6.07) is 6.37. The molecule has 1 aliphatic rings. The number of hydrogen-bond donors (Lipinski definition) is 2. The number of Topliss-reactive ketones (excluding diaryl/α,β-unsaturated/α-hetero) is 1. The van der Waals surface area contributed by atoms with Crippen molar-refractivity contribution in [2.75, 3.05) is 18.4 Å². The minimum Gasteiger partial charge on any atom is -0.481 e. The molecule has 0 aliphatic carbocycles. The van der Waals surface area contributed by atoms with Gasteiger partial charge >= 0.3 is 5.97 Å². The summed E-state index contributed by atoms with van der Waals surface area (Å²) in [6.45, 7) is 4.35. The van der Waals surface area contributed by atoms with E-state index in [1.54, 1.807) is 31.2 Å². The number of amides is 1. The molecule has 24 heavy (non-hydrogen) atoms. The highest BCUT2D eigenvalue weighted by molar-refractivity contribution is 5.98. The number of anilines is 1. The first-order chi connectivity index (χ1) is 10.9. The van der Waals surface area contributed by atoms with Crippen molar-refractivity contribution in [2.45, 2.75) is 32.7 Å². The zero-order chi connectivity index (χ0) is 17.0. The minimum absolute atomic E-state index is 0. The van der Waals surface area contributed by atoms with Gasteiger partial charge in [0.25, 0.3) is 0 Å². The van der Waals surface area contributed by atoms with Gasteiger partial charge < -0.3 is 10.4 Å². The first-order valence-corrected chi connectivity index (χ1v) is 7.77. The molecule has 1 fully saturated rings. The van der Waals surface area contributed by atoms with Crippen LogP contribution in [0.3, 0.4) is 0 Å². The number of nitrogens with zero attached hydrogens (tertiary/aromatic N) is 1. The number of aliphatic carboxylic acids is 1. The molecule has 2 unspecified atom stereocenters. The number of carboxylic acid groups (broad SMARTS) is 1. The maximum Gasteiger partial charge on any atom is 0.307 e. The number of nitrogens with one attached hydrogen (secondary N) is 1. The zero-order valence-electron chi connectivity index (χ0n) is 13.8. The van der Waals surface area contributed by atoms with Gasteiger partial charge in [0.05, 0.1) is 12.0 Å². The maximum atomic E-state index is 12.4. The van der Waals surface area contributed by atoms with Gasteiger partial charge in [0.1, 0.15) is 0 Å². The smallest absolute Gasteiger partial charge is 0.307 e. The standard InChI is InChI=1S/C17H22N2O4.ClH/c1-11(19-8-4-6-14(10-19)17(22)23)16(21)18-15-7-3-5-13(9-15)12(2)20;/h3,5,7,9,11,14H,4,6,8,10H2,1-2H3,(H,18,21)(H,22,23);1H. The molecule has 132 valence electrons. The average Bonchev–Trinajstić information content (AvgIpc) is 2.54. The van der Waals surface area contributed by atoms with E-state index in [-0.39, 0.29) is 24.1 Å². The lowest BCUT2D eigenvalue weighted by atomic mass is 9.97. The van der Waals surface area contributed by atoms with Gasteiger partial charge in [-0.1, -0.05) is 12.1 Å². The molecule has 2 rings (SSSR count). The van der Waals surface area contributed by atoms with Gasteiger partial charge in [-0.15, -0.1) is 12.4 Å². The summed E-state index contributed by atoms with van der Waals surface area (Å²) in [6.07, 6.45) is 1.43. The average molecular weight is 355 g/mol. The van der Waals surface area contributed by atoms with E-state index in [0.717, 1.165) is 6.42 Å². The number of piperidine rings is 1. The van der Waals surface area contributed by atoms with Gasteiger partial charge in [0.2, 0.25) is 5.91 Å². The van der Waals surface area contributed by atoms with E-state index >= 15 is 0 Å². The van der Waals surface area contributed by atoms with Crippen LogP contribution >= 0.6 is 12.4 Å². The van der Waals surface area contributed by atoms with Crippen molar-refractivity contribution in [1.29, 1.82) is 0 Å². The van der Waals surface area contributed by atoms with E-state index in [1.807, 2.05) is 4.90 Å². The van der Waals surface area contributed by atoms with Gasteiger partial charge in [-0.3, -0.25) is 19.3 Å². The lowest BCUT2D eigenvalue weighted by Crippen LogP contribution is -2.48. The highest BCUT2D eigenvalue weighted by atomic mass is 35.5. The fraction of sp³-hybridized carbons (Fsp3) is 0.471. The summed E-state index contributed by atoms with van der Waals surface area (Å²) in [4.78, 5) is 36.8. The lowest BCUT2D eigenvalue weighted by Gasteiger charge is -2.34. The third-order valence-electron chi connectivity index (χ3n) is 4.27. The summed E-state index contributed by atoms with van der Waals surface area (Å²) in [5.74, 6) is -1.48. The van der Waals surface area contributed by atoms with Gasteiger partial charge in [-0.2, -0.15) is 0 Å². The Kier molecular flexibility index (Phi) is 7.38. The fourth-order valence-corrected chi connectivity index (χ4v) is 2.79. The molecule has 1 aromatic carbocycles. The van der Waals surface area contributed by atoms with Gasteiger partial charge in [-0.25, -0.2) is 0 Å².